The highest BCUT2D eigenvalue weighted by atomic mass is 19.3. The van der Waals surface area contributed by atoms with Crippen LogP contribution in [0.5, 0.6) is 0 Å². The summed E-state index contributed by atoms with van der Waals surface area (Å²) in [7, 11) is 0. The summed E-state index contributed by atoms with van der Waals surface area (Å²) in [5, 5.41) is 8.68. The van der Waals surface area contributed by atoms with Crippen LogP contribution in [0.15, 0.2) is 18.3 Å². The Labute approximate surface area is 80.0 Å². The van der Waals surface area contributed by atoms with Crippen molar-refractivity contribution in [2.24, 2.45) is 0 Å². The molecule has 0 unspecified atom stereocenters. The summed E-state index contributed by atoms with van der Waals surface area (Å²) < 4.78 is 26.3. The Balaban J connectivity index is 2.68. The van der Waals surface area contributed by atoms with Gasteiger partial charge >= 0.3 is 5.97 Å². The van der Waals surface area contributed by atoms with Gasteiger partial charge in [0, 0.05) is 19.2 Å². The zero-order chi connectivity index (χ0) is 10.8. The first kappa shape index (κ1) is 10.7. The second kappa shape index (κ2) is 3.77. The van der Waals surface area contributed by atoms with Crippen LogP contribution in [0.25, 0.3) is 0 Å². The molecule has 1 aromatic rings. The van der Waals surface area contributed by atoms with Crippen LogP contribution in [0.4, 0.5) is 8.78 Å². The Kier molecular flexibility index (Phi) is 2.88. The molecule has 0 spiro atoms. The average Bonchev–Trinajstić information content (AvgIpc) is 2.46. The number of rotatable bonds is 4. The smallest absolute Gasteiger partial charge is 0.352 e. The van der Waals surface area contributed by atoms with Gasteiger partial charge in [-0.25, -0.2) is 13.6 Å². The Morgan fingerprint density at radius 1 is 1.64 bits per heavy atom. The fraction of sp³-hybridized carbons (Fsp3) is 0.444. The van der Waals surface area contributed by atoms with Crippen molar-refractivity contribution >= 4 is 5.97 Å². The van der Waals surface area contributed by atoms with Crippen LogP contribution in [-0.4, -0.2) is 21.6 Å². The van der Waals surface area contributed by atoms with Crippen LogP contribution in [0.1, 0.15) is 23.8 Å². The number of carbonyl (C=O) groups is 1. The van der Waals surface area contributed by atoms with Crippen LogP contribution in [0, 0.1) is 0 Å². The zero-order valence-corrected chi connectivity index (χ0v) is 7.70. The highest BCUT2D eigenvalue weighted by molar-refractivity contribution is 5.85. The molecule has 0 atom stereocenters. The minimum Gasteiger partial charge on any atom is -0.477 e. The highest BCUT2D eigenvalue weighted by Gasteiger charge is 2.21. The molecule has 0 aliphatic heterocycles. The third kappa shape index (κ3) is 2.83. The number of nitrogens with zero attached hydrogens (tertiary/aromatic N) is 1. The van der Waals surface area contributed by atoms with E-state index in [2.05, 4.69) is 0 Å². The molecule has 1 heterocycles. The number of alkyl halides is 2. The Morgan fingerprint density at radius 3 is 2.79 bits per heavy atom. The molecule has 0 saturated carbocycles. The summed E-state index contributed by atoms with van der Waals surface area (Å²) in [5.74, 6) is -3.87. The van der Waals surface area contributed by atoms with Crippen LogP contribution in [0.3, 0.4) is 0 Å². The van der Waals surface area contributed by atoms with E-state index in [0.29, 0.717) is 0 Å². The number of aromatic nitrogens is 1. The molecule has 3 nitrogen and oxygen atoms in total. The highest BCUT2D eigenvalue weighted by Crippen LogP contribution is 2.18. The average molecular weight is 203 g/mol. The van der Waals surface area contributed by atoms with Crippen LogP contribution < -0.4 is 0 Å². The molecule has 0 aliphatic rings. The first-order valence-electron chi connectivity index (χ1n) is 4.16. The van der Waals surface area contributed by atoms with Gasteiger partial charge in [-0.2, -0.15) is 0 Å². The van der Waals surface area contributed by atoms with Gasteiger partial charge in [-0.15, -0.1) is 0 Å². The van der Waals surface area contributed by atoms with Crippen LogP contribution in [-0.2, 0) is 6.54 Å². The molecule has 0 amide bonds. The lowest BCUT2D eigenvalue weighted by atomic mass is 10.2. The second-order valence-electron chi connectivity index (χ2n) is 3.21. The molecule has 0 saturated heterocycles. The summed E-state index contributed by atoms with van der Waals surface area (Å²) >= 11 is 0. The van der Waals surface area contributed by atoms with Gasteiger partial charge in [-0.05, 0) is 19.1 Å². The lowest BCUT2D eigenvalue weighted by Crippen LogP contribution is -2.16. The molecular formula is C9H11F2NO2. The van der Waals surface area contributed by atoms with Crippen molar-refractivity contribution in [2.75, 3.05) is 0 Å². The van der Waals surface area contributed by atoms with Crippen LogP contribution >= 0.6 is 0 Å². The maximum atomic E-state index is 12.5. The quantitative estimate of drug-likeness (QED) is 0.815. The minimum absolute atomic E-state index is 0.0120. The zero-order valence-electron chi connectivity index (χ0n) is 7.70. The Morgan fingerprint density at radius 2 is 2.29 bits per heavy atom. The predicted octanol–water partition coefficient (Wildman–Crippen LogP) is 2.23. The van der Waals surface area contributed by atoms with Crippen molar-refractivity contribution in [2.45, 2.75) is 25.8 Å². The van der Waals surface area contributed by atoms with Gasteiger partial charge in [0.15, 0.2) is 0 Å². The molecule has 14 heavy (non-hydrogen) atoms. The lowest BCUT2D eigenvalue weighted by molar-refractivity contribution is 0.00828. The molecule has 1 N–H and O–H groups in total. The fourth-order valence-corrected chi connectivity index (χ4v) is 1.12. The molecule has 0 aliphatic carbocycles. The van der Waals surface area contributed by atoms with Gasteiger partial charge in [0.05, 0.1) is 0 Å². The van der Waals surface area contributed by atoms with E-state index in [0.717, 1.165) is 6.92 Å². The second-order valence-corrected chi connectivity index (χ2v) is 3.21. The normalized spacial score (nSPS) is 11.6. The van der Waals surface area contributed by atoms with Crippen molar-refractivity contribution in [3.05, 3.63) is 24.0 Å². The van der Waals surface area contributed by atoms with Crippen molar-refractivity contribution in [1.29, 1.82) is 0 Å². The van der Waals surface area contributed by atoms with E-state index in [9.17, 15) is 13.6 Å². The monoisotopic (exact) mass is 203 g/mol. The summed E-state index contributed by atoms with van der Waals surface area (Å²) in [4.78, 5) is 10.6. The van der Waals surface area contributed by atoms with E-state index in [4.69, 9.17) is 5.11 Å². The van der Waals surface area contributed by atoms with Crippen LogP contribution in [0.2, 0.25) is 0 Å². The number of halogens is 2. The number of aromatic carboxylic acids is 1. The van der Waals surface area contributed by atoms with Gasteiger partial charge in [0.2, 0.25) is 5.92 Å². The van der Waals surface area contributed by atoms with Crippen molar-refractivity contribution in [3.8, 4) is 0 Å². The predicted molar refractivity (Wildman–Crippen MR) is 46.6 cm³/mol. The summed E-state index contributed by atoms with van der Waals surface area (Å²) in [5.41, 5.74) is 0.0363. The molecule has 78 valence electrons. The lowest BCUT2D eigenvalue weighted by Gasteiger charge is -2.11. The van der Waals surface area contributed by atoms with Crippen molar-refractivity contribution < 1.29 is 18.7 Å². The van der Waals surface area contributed by atoms with Crippen molar-refractivity contribution in [1.82, 2.24) is 4.57 Å². The first-order valence-corrected chi connectivity index (χ1v) is 4.16. The van der Waals surface area contributed by atoms with E-state index in [1.54, 1.807) is 0 Å². The van der Waals surface area contributed by atoms with E-state index in [-0.39, 0.29) is 18.7 Å². The maximum Gasteiger partial charge on any atom is 0.352 e. The molecule has 1 aromatic heterocycles. The molecule has 0 bridgehead atoms. The molecule has 0 fully saturated rings. The number of carboxylic acid groups (broad SMARTS) is 1. The van der Waals surface area contributed by atoms with Gasteiger partial charge in [-0.1, -0.05) is 0 Å². The summed E-state index contributed by atoms with van der Waals surface area (Å²) in [6, 6.07) is 2.91. The standard InChI is InChI=1S/C9H11F2NO2/c1-9(10,11)4-6-12-5-2-3-7(12)8(13)14/h2-3,5H,4,6H2,1H3,(H,13,14). The fourth-order valence-electron chi connectivity index (χ4n) is 1.12. The number of aryl methyl sites for hydroxylation is 1. The van der Waals surface area contributed by atoms with Crippen molar-refractivity contribution in [3.63, 3.8) is 0 Å². The number of hydrogen-bond acceptors (Lipinski definition) is 1. The largest absolute Gasteiger partial charge is 0.477 e. The Bertz CT molecular complexity index is 328. The van der Waals surface area contributed by atoms with Gasteiger partial charge in [-0.3, -0.25) is 0 Å². The third-order valence-electron chi connectivity index (χ3n) is 1.84. The number of carboxylic acids is 1. The minimum atomic E-state index is -2.76. The molecular weight excluding hydrogens is 192 g/mol. The topological polar surface area (TPSA) is 42.2 Å². The van der Waals surface area contributed by atoms with E-state index < -0.39 is 11.9 Å². The van der Waals surface area contributed by atoms with Gasteiger partial charge in [0.25, 0.3) is 0 Å². The SMILES string of the molecule is CC(F)(F)CCn1cccc1C(=O)O. The van der Waals surface area contributed by atoms with Gasteiger partial charge < -0.3 is 9.67 Å². The third-order valence-corrected chi connectivity index (χ3v) is 1.84. The Hall–Kier alpha value is -1.39. The number of hydrogen-bond donors (Lipinski definition) is 1. The summed E-state index contributed by atoms with van der Waals surface area (Å²) in [6.07, 6.45) is 1.12. The van der Waals surface area contributed by atoms with E-state index in [1.165, 1.54) is 22.9 Å². The summed E-state index contributed by atoms with van der Waals surface area (Å²) in [6.45, 7) is 0.828. The molecule has 0 radical (unpaired) electrons. The van der Waals surface area contributed by atoms with E-state index in [1.807, 2.05) is 0 Å². The van der Waals surface area contributed by atoms with Gasteiger partial charge in [0.1, 0.15) is 5.69 Å². The molecule has 0 aromatic carbocycles. The first-order chi connectivity index (χ1) is 6.40. The molecule has 5 heteroatoms. The van der Waals surface area contributed by atoms with E-state index >= 15 is 0 Å². The maximum absolute atomic E-state index is 12.5. The molecule has 1 rings (SSSR count).